The summed E-state index contributed by atoms with van der Waals surface area (Å²) in [6.07, 6.45) is 4.42. The van der Waals surface area contributed by atoms with Crippen molar-refractivity contribution in [3.63, 3.8) is 0 Å². The van der Waals surface area contributed by atoms with Crippen LogP contribution >= 0.6 is 23.1 Å². The summed E-state index contributed by atoms with van der Waals surface area (Å²) in [5.41, 5.74) is 1.73. The lowest BCUT2D eigenvalue weighted by Crippen LogP contribution is -2.14. The number of hydrogen-bond acceptors (Lipinski definition) is 8. The predicted octanol–water partition coefficient (Wildman–Crippen LogP) is 4.10. The zero-order chi connectivity index (χ0) is 20.9. The highest BCUT2D eigenvalue weighted by atomic mass is 32.2. The Bertz CT molecular complexity index is 1160. The number of carbonyl (C=O) groups is 1. The lowest BCUT2D eigenvalue weighted by Gasteiger charge is -2.08. The maximum absolute atomic E-state index is 12.5. The van der Waals surface area contributed by atoms with E-state index in [1.807, 2.05) is 34.9 Å². The van der Waals surface area contributed by atoms with Crippen LogP contribution in [0.4, 0.5) is 5.13 Å². The van der Waals surface area contributed by atoms with Crippen molar-refractivity contribution in [2.45, 2.75) is 25.0 Å². The first-order valence-corrected chi connectivity index (χ1v) is 11.2. The van der Waals surface area contributed by atoms with Crippen LogP contribution in [0, 0.1) is 0 Å². The molecule has 0 bridgehead atoms. The van der Waals surface area contributed by atoms with Gasteiger partial charge in [-0.3, -0.25) is 9.78 Å². The lowest BCUT2D eigenvalue weighted by atomic mass is 10.2. The highest BCUT2D eigenvalue weighted by molar-refractivity contribution is 7.99. The molecule has 3 heterocycles. The van der Waals surface area contributed by atoms with Gasteiger partial charge < -0.3 is 14.6 Å². The number of methoxy groups -OCH3 is 1. The Morgan fingerprint density at radius 3 is 2.97 bits per heavy atom. The summed E-state index contributed by atoms with van der Waals surface area (Å²) < 4.78 is 8.22. The maximum atomic E-state index is 12.5. The number of thiazole rings is 1. The predicted molar refractivity (Wildman–Crippen MR) is 119 cm³/mol. The summed E-state index contributed by atoms with van der Waals surface area (Å²) in [5.74, 6) is 1.60. The molecule has 30 heavy (non-hydrogen) atoms. The van der Waals surface area contributed by atoms with Crippen LogP contribution in [0.25, 0.3) is 21.6 Å². The zero-order valence-electron chi connectivity index (χ0n) is 16.5. The Morgan fingerprint density at radius 2 is 2.20 bits per heavy atom. The third-order valence-electron chi connectivity index (χ3n) is 4.26. The minimum absolute atomic E-state index is 0.139. The molecule has 4 aromatic rings. The van der Waals surface area contributed by atoms with E-state index in [4.69, 9.17) is 4.74 Å². The van der Waals surface area contributed by atoms with Crippen molar-refractivity contribution >= 4 is 44.4 Å². The molecule has 0 atom stereocenters. The molecule has 0 aliphatic carbocycles. The number of hydrogen-bond donors (Lipinski definition) is 1. The van der Waals surface area contributed by atoms with Gasteiger partial charge in [-0.25, -0.2) is 4.98 Å². The molecule has 154 valence electrons. The van der Waals surface area contributed by atoms with Crippen molar-refractivity contribution in [2.24, 2.45) is 0 Å². The first kappa shape index (κ1) is 20.3. The second kappa shape index (κ2) is 9.23. The van der Waals surface area contributed by atoms with Crippen LogP contribution in [-0.4, -0.2) is 43.5 Å². The first-order valence-electron chi connectivity index (χ1n) is 9.38. The lowest BCUT2D eigenvalue weighted by molar-refractivity contribution is -0.113. The molecule has 4 rings (SSSR count). The number of thioether (sulfide) groups is 1. The average Bonchev–Trinajstić information content (AvgIpc) is 3.35. The Hall–Kier alpha value is -2.98. The largest absolute Gasteiger partial charge is 0.497 e. The highest BCUT2D eigenvalue weighted by Crippen LogP contribution is 2.29. The van der Waals surface area contributed by atoms with E-state index < -0.39 is 0 Å². The molecule has 0 fully saturated rings. The molecule has 0 aliphatic rings. The summed E-state index contributed by atoms with van der Waals surface area (Å²) in [7, 11) is 1.62. The third kappa shape index (κ3) is 4.44. The van der Waals surface area contributed by atoms with Gasteiger partial charge in [-0.1, -0.05) is 30.0 Å². The number of aromatic nitrogens is 5. The number of anilines is 1. The molecule has 1 aromatic carbocycles. The average molecular weight is 441 g/mol. The summed E-state index contributed by atoms with van der Waals surface area (Å²) in [6.45, 7) is 2.86. The van der Waals surface area contributed by atoms with Gasteiger partial charge in [0.25, 0.3) is 0 Å². The fraction of sp³-hybridized carbons (Fsp3) is 0.250. The van der Waals surface area contributed by atoms with Crippen LogP contribution in [0.15, 0.2) is 47.9 Å². The fourth-order valence-electron chi connectivity index (χ4n) is 2.90. The van der Waals surface area contributed by atoms with Gasteiger partial charge in [0, 0.05) is 24.5 Å². The number of fused-ring (bicyclic) bond motifs is 1. The monoisotopic (exact) mass is 440 g/mol. The van der Waals surface area contributed by atoms with E-state index in [0.29, 0.717) is 10.3 Å². The van der Waals surface area contributed by atoms with E-state index in [2.05, 4.69) is 32.4 Å². The van der Waals surface area contributed by atoms with Crippen molar-refractivity contribution in [3.8, 4) is 17.1 Å². The summed E-state index contributed by atoms with van der Waals surface area (Å²) in [5, 5.41) is 12.7. The second-order valence-corrected chi connectivity index (χ2v) is 8.36. The van der Waals surface area contributed by atoms with Crippen LogP contribution in [0.2, 0.25) is 0 Å². The zero-order valence-corrected chi connectivity index (χ0v) is 18.2. The summed E-state index contributed by atoms with van der Waals surface area (Å²) in [4.78, 5) is 21.1. The molecule has 10 heteroatoms. The molecule has 0 unspecified atom stereocenters. The Balaban J connectivity index is 1.44. The van der Waals surface area contributed by atoms with Gasteiger partial charge in [0.2, 0.25) is 5.91 Å². The van der Waals surface area contributed by atoms with Gasteiger partial charge in [0.1, 0.15) is 5.75 Å². The molecule has 3 aromatic heterocycles. The van der Waals surface area contributed by atoms with Crippen LogP contribution in [-0.2, 0) is 11.3 Å². The normalized spacial score (nSPS) is 11.0. The Kier molecular flexibility index (Phi) is 6.24. The van der Waals surface area contributed by atoms with E-state index in [9.17, 15) is 4.79 Å². The molecule has 0 radical (unpaired) electrons. The highest BCUT2D eigenvalue weighted by Gasteiger charge is 2.16. The Morgan fingerprint density at radius 1 is 1.30 bits per heavy atom. The molecule has 1 amide bonds. The number of benzene rings is 1. The van der Waals surface area contributed by atoms with Crippen LogP contribution in [0.1, 0.15) is 13.3 Å². The van der Waals surface area contributed by atoms with Gasteiger partial charge in [-0.2, -0.15) is 0 Å². The van der Waals surface area contributed by atoms with Crippen LogP contribution in [0.5, 0.6) is 5.75 Å². The smallest absolute Gasteiger partial charge is 0.236 e. The SMILES string of the molecule is CCCn1c(SCC(=O)Nc2nc3ccc(OC)cc3s2)nnc1-c1cccnc1. The Labute approximate surface area is 181 Å². The molecule has 0 spiro atoms. The van der Waals surface area contributed by atoms with Gasteiger partial charge in [0.05, 0.1) is 23.1 Å². The standard InChI is InChI=1S/C20H20N6O2S2/c1-3-9-26-18(13-5-4-8-21-11-13)24-25-20(26)29-12-17(27)23-19-22-15-7-6-14(28-2)10-16(15)30-19/h4-8,10-11H,3,9,12H2,1-2H3,(H,22,23,27). The van der Waals surface area contributed by atoms with Crippen molar-refractivity contribution in [2.75, 3.05) is 18.2 Å². The van der Waals surface area contributed by atoms with Gasteiger partial charge in [0.15, 0.2) is 16.1 Å². The molecule has 0 aliphatic heterocycles. The number of ether oxygens (including phenoxy) is 1. The number of pyridine rings is 1. The second-order valence-electron chi connectivity index (χ2n) is 6.39. The van der Waals surface area contributed by atoms with Crippen molar-refractivity contribution in [3.05, 3.63) is 42.7 Å². The van der Waals surface area contributed by atoms with Crippen molar-refractivity contribution < 1.29 is 9.53 Å². The van der Waals surface area contributed by atoms with Crippen molar-refractivity contribution in [1.82, 2.24) is 24.7 Å². The number of nitrogens with zero attached hydrogens (tertiary/aromatic N) is 5. The van der Waals surface area contributed by atoms with E-state index in [1.165, 1.54) is 23.1 Å². The van der Waals surface area contributed by atoms with E-state index in [1.54, 1.807) is 19.5 Å². The summed E-state index contributed by atoms with van der Waals surface area (Å²) in [6, 6.07) is 9.46. The fourth-order valence-corrected chi connectivity index (χ4v) is 4.58. The minimum atomic E-state index is -0.139. The first-order chi connectivity index (χ1) is 14.7. The van der Waals surface area contributed by atoms with Crippen molar-refractivity contribution in [1.29, 1.82) is 0 Å². The molecule has 1 N–H and O–H groups in total. The van der Waals surface area contributed by atoms with Gasteiger partial charge in [-0.15, -0.1) is 10.2 Å². The molecular formula is C20H20N6O2S2. The van der Waals surface area contributed by atoms with Gasteiger partial charge in [-0.05, 0) is 36.8 Å². The van der Waals surface area contributed by atoms with E-state index in [-0.39, 0.29) is 11.7 Å². The minimum Gasteiger partial charge on any atom is -0.497 e. The van der Waals surface area contributed by atoms with Crippen LogP contribution < -0.4 is 10.1 Å². The van der Waals surface area contributed by atoms with E-state index in [0.717, 1.165) is 40.3 Å². The topological polar surface area (TPSA) is 94.8 Å². The van der Waals surface area contributed by atoms with Crippen LogP contribution in [0.3, 0.4) is 0 Å². The number of carbonyl (C=O) groups excluding carboxylic acids is 1. The summed E-state index contributed by atoms with van der Waals surface area (Å²) >= 11 is 2.77. The molecule has 0 saturated carbocycles. The number of nitrogens with one attached hydrogen (secondary N) is 1. The third-order valence-corrected chi connectivity index (χ3v) is 6.16. The molecular weight excluding hydrogens is 420 g/mol. The maximum Gasteiger partial charge on any atom is 0.236 e. The van der Waals surface area contributed by atoms with Gasteiger partial charge >= 0.3 is 0 Å². The molecule has 0 saturated heterocycles. The number of rotatable bonds is 8. The van der Waals surface area contributed by atoms with E-state index >= 15 is 0 Å². The quantitative estimate of drug-likeness (QED) is 0.412. The molecule has 8 nitrogen and oxygen atoms in total. The number of amides is 1.